The number of fused-ring (bicyclic) bond motifs is 8. The Morgan fingerprint density at radius 1 is 0.245 bits per heavy atom. The van der Waals surface area contributed by atoms with Crippen molar-refractivity contribution >= 4 is 55.2 Å². The monoisotopic (exact) mass is 1310 g/mol. The largest absolute Gasteiger partial charge is 0.494 e. The first-order valence-corrected chi connectivity index (χ1v) is 37.8. The molecule has 0 aliphatic rings. The number of hydrogen-bond acceptors (Lipinski definition) is 12. The van der Waals surface area contributed by atoms with Crippen molar-refractivity contribution in [3.63, 3.8) is 0 Å². The number of nitriles is 2. The van der Waals surface area contributed by atoms with Crippen molar-refractivity contribution < 1.29 is 18.9 Å². The number of nitrogens with zero attached hydrogens (tertiary/aromatic N) is 8. The van der Waals surface area contributed by atoms with Crippen LogP contribution in [0.15, 0.2) is 121 Å². The summed E-state index contributed by atoms with van der Waals surface area (Å²) < 4.78 is 25.3. The number of benzene rings is 7. The Morgan fingerprint density at radius 3 is 0.622 bits per heavy atom. The third kappa shape index (κ3) is 20.2. The minimum absolute atomic E-state index is 0.107. The van der Waals surface area contributed by atoms with Crippen LogP contribution in [0.5, 0.6) is 23.0 Å². The summed E-state index contributed by atoms with van der Waals surface area (Å²) in [6.07, 6.45) is 39.8. The highest BCUT2D eigenvalue weighted by atomic mass is 16.5. The standard InChI is InChI=1S/C86H104N8O4/c1-5-9-13-17-21-25-29-33-53-95-67-45-37-63(38-46-67)71-57-75-77(59-73(71)65-41-49-69(50-42-65)97-55-35-31-27-23-19-15-11-7-3)91-83-81(89-75)82-84(86-85(83)93-79(61-87)80(62-88)94-86)92-78-60-74(66-43-51-70(52-44-66)98-56-36-32-28-24-20-16-12-8-4)72(58-76(78)90-82)64-39-47-68(48-40-64)96-54-34-30-26-22-18-14-10-6-2/h37-52,57-60H,5-36,53-56H2,1-4H3. The van der Waals surface area contributed by atoms with Gasteiger partial charge >= 0.3 is 0 Å². The molecule has 0 amide bonds. The van der Waals surface area contributed by atoms with E-state index in [1.807, 2.05) is 0 Å². The topological polar surface area (TPSA) is 162 Å². The molecule has 10 aromatic rings. The van der Waals surface area contributed by atoms with Gasteiger partial charge in [0.1, 0.15) is 68.2 Å². The van der Waals surface area contributed by atoms with Gasteiger partial charge in [0, 0.05) is 0 Å². The summed E-state index contributed by atoms with van der Waals surface area (Å²) in [7, 11) is 0. The van der Waals surface area contributed by atoms with Crippen molar-refractivity contribution in [1.29, 1.82) is 10.5 Å². The predicted molar refractivity (Wildman–Crippen MR) is 404 cm³/mol. The molecular weight excluding hydrogens is 1210 g/mol. The van der Waals surface area contributed by atoms with Gasteiger partial charge in [-0.1, -0.05) is 256 Å². The molecule has 0 atom stereocenters. The van der Waals surface area contributed by atoms with Gasteiger partial charge in [-0.25, -0.2) is 29.9 Å². The maximum absolute atomic E-state index is 10.5. The van der Waals surface area contributed by atoms with Crippen molar-refractivity contribution in [3.05, 3.63) is 133 Å². The Hall–Kier alpha value is -8.74. The summed E-state index contributed by atoms with van der Waals surface area (Å²) >= 11 is 0. The van der Waals surface area contributed by atoms with E-state index in [9.17, 15) is 10.5 Å². The second-order valence-electron chi connectivity index (χ2n) is 26.8. The lowest BCUT2D eigenvalue weighted by Crippen LogP contribution is -2.02. The van der Waals surface area contributed by atoms with Crippen LogP contribution < -0.4 is 18.9 Å². The highest BCUT2D eigenvalue weighted by molar-refractivity contribution is 6.20. The lowest BCUT2D eigenvalue weighted by molar-refractivity contribution is 0.304. The molecule has 0 unspecified atom stereocenters. The fourth-order valence-corrected chi connectivity index (χ4v) is 13.4. The molecule has 0 fully saturated rings. The Labute approximate surface area is 583 Å². The van der Waals surface area contributed by atoms with Crippen molar-refractivity contribution in [2.45, 2.75) is 233 Å². The fraction of sp³-hybridized carbons (Fsp3) is 0.465. The molecule has 0 N–H and O–H groups in total. The van der Waals surface area contributed by atoms with E-state index in [-0.39, 0.29) is 11.4 Å². The first kappa shape index (κ1) is 72.0. The Bertz CT molecular complexity index is 3930. The van der Waals surface area contributed by atoms with Gasteiger partial charge in [-0.15, -0.1) is 0 Å². The van der Waals surface area contributed by atoms with Gasteiger partial charge in [0.15, 0.2) is 11.4 Å². The van der Waals surface area contributed by atoms with Crippen molar-refractivity contribution in [2.24, 2.45) is 0 Å². The van der Waals surface area contributed by atoms with E-state index in [0.717, 1.165) is 93.2 Å². The Kier molecular flexibility index (Phi) is 28.7. The molecule has 0 saturated carbocycles. The first-order valence-electron chi connectivity index (χ1n) is 37.8. The molecule has 512 valence electrons. The van der Waals surface area contributed by atoms with E-state index < -0.39 is 0 Å². The number of rotatable bonds is 44. The molecule has 98 heavy (non-hydrogen) atoms. The van der Waals surface area contributed by atoms with Crippen molar-refractivity contribution in [2.75, 3.05) is 26.4 Å². The molecule has 12 nitrogen and oxygen atoms in total. The predicted octanol–water partition coefficient (Wildman–Crippen LogP) is 24.3. The molecular formula is C86H104N8O4. The van der Waals surface area contributed by atoms with Crippen LogP contribution in [0.3, 0.4) is 0 Å². The highest BCUT2D eigenvalue weighted by Gasteiger charge is 2.23. The number of hydrogen-bond donors (Lipinski definition) is 0. The Balaban J connectivity index is 1.02. The van der Waals surface area contributed by atoms with Gasteiger partial charge in [-0.2, -0.15) is 10.5 Å². The van der Waals surface area contributed by atoms with E-state index in [2.05, 4.69) is 161 Å². The Morgan fingerprint density at radius 2 is 0.429 bits per heavy atom. The van der Waals surface area contributed by atoms with Crippen molar-refractivity contribution in [3.8, 4) is 79.6 Å². The molecule has 12 heteroatoms. The van der Waals surface area contributed by atoms with E-state index >= 15 is 0 Å². The van der Waals surface area contributed by atoms with Crippen LogP contribution in [0, 0.1) is 22.7 Å². The zero-order valence-electron chi connectivity index (χ0n) is 59.2. The molecule has 0 radical (unpaired) electrons. The summed E-state index contributed by atoms with van der Waals surface area (Å²) in [5.74, 6) is 3.33. The average Bonchev–Trinajstić information content (AvgIpc) is 0.717. The highest BCUT2D eigenvalue weighted by Crippen LogP contribution is 2.42. The van der Waals surface area contributed by atoms with Crippen LogP contribution in [0.1, 0.15) is 245 Å². The molecule has 7 aromatic carbocycles. The second kappa shape index (κ2) is 39.0. The maximum atomic E-state index is 10.5. The van der Waals surface area contributed by atoms with E-state index in [1.165, 1.54) is 180 Å². The molecule has 0 bridgehead atoms. The summed E-state index contributed by atoms with van der Waals surface area (Å²) in [6, 6.07) is 46.1. The van der Waals surface area contributed by atoms with Gasteiger partial charge in [-0.3, -0.25) is 0 Å². The number of aromatic nitrogens is 6. The summed E-state index contributed by atoms with van der Waals surface area (Å²) in [4.78, 5) is 31.5. The fourth-order valence-electron chi connectivity index (χ4n) is 13.4. The molecule has 0 spiro atoms. The third-order valence-electron chi connectivity index (χ3n) is 19.1. The second-order valence-corrected chi connectivity index (χ2v) is 26.8. The molecule has 3 aromatic heterocycles. The quantitative estimate of drug-likeness (QED) is 0.0202. The SMILES string of the molecule is CCCCCCCCCCOc1ccc(-c2cc3nc4c5nc(C#N)c(C#N)nc5c5nc6cc(-c7ccc(OCCCCCCCCCC)cc7)c(-c7ccc(OCCCCCCCCCC)cc7)cc6nc5c4nc3cc2-c2ccc(OCCCCCCCCCC)cc2)cc1. The van der Waals surface area contributed by atoms with Crippen LogP contribution in [0.2, 0.25) is 0 Å². The molecule has 0 saturated heterocycles. The van der Waals surface area contributed by atoms with Crippen LogP contribution in [0.4, 0.5) is 0 Å². The average molecular weight is 1310 g/mol. The number of unbranched alkanes of at least 4 members (excludes halogenated alkanes) is 28. The van der Waals surface area contributed by atoms with E-state index in [0.29, 0.717) is 81.6 Å². The normalized spacial score (nSPS) is 11.5. The zero-order chi connectivity index (χ0) is 67.9. The summed E-state index contributed by atoms with van der Waals surface area (Å²) in [5.41, 5.74) is 12.4. The van der Waals surface area contributed by atoms with Gasteiger partial charge in [0.2, 0.25) is 0 Å². The third-order valence-corrected chi connectivity index (χ3v) is 19.1. The van der Waals surface area contributed by atoms with E-state index in [4.69, 9.17) is 48.9 Å². The van der Waals surface area contributed by atoms with Gasteiger partial charge in [-0.05, 0) is 143 Å². The van der Waals surface area contributed by atoms with Crippen LogP contribution in [-0.4, -0.2) is 56.3 Å². The van der Waals surface area contributed by atoms with Gasteiger partial charge in [0.05, 0.1) is 48.5 Å². The molecule has 0 aliphatic heterocycles. The van der Waals surface area contributed by atoms with Crippen LogP contribution in [0.25, 0.3) is 99.7 Å². The van der Waals surface area contributed by atoms with Crippen molar-refractivity contribution in [1.82, 2.24) is 29.9 Å². The van der Waals surface area contributed by atoms with E-state index in [1.54, 1.807) is 0 Å². The van der Waals surface area contributed by atoms with Crippen LogP contribution >= 0.6 is 0 Å². The minimum Gasteiger partial charge on any atom is -0.494 e. The minimum atomic E-state index is -0.107. The first-order chi connectivity index (χ1) is 48.4. The lowest BCUT2D eigenvalue weighted by Gasteiger charge is -2.16. The summed E-state index contributed by atoms with van der Waals surface area (Å²) in [6.45, 7) is 11.8. The number of ether oxygens (including phenoxy) is 4. The van der Waals surface area contributed by atoms with Gasteiger partial charge < -0.3 is 18.9 Å². The molecule has 3 heterocycles. The molecule has 0 aliphatic carbocycles. The van der Waals surface area contributed by atoms with Gasteiger partial charge in [0.25, 0.3) is 0 Å². The molecule has 10 rings (SSSR count). The zero-order valence-corrected chi connectivity index (χ0v) is 59.2. The van der Waals surface area contributed by atoms with Crippen LogP contribution in [-0.2, 0) is 0 Å². The maximum Gasteiger partial charge on any atom is 0.177 e. The summed E-state index contributed by atoms with van der Waals surface area (Å²) in [5, 5.41) is 20.9. The smallest absolute Gasteiger partial charge is 0.177 e. The lowest BCUT2D eigenvalue weighted by atomic mass is 9.93.